The number of hydrogen-bond donors (Lipinski definition) is 2. The van der Waals surface area contributed by atoms with E-state index in [2.05, 4.69) is 9.88 Å². The number of aliphatic hydroxyl groups is 1. The lowest BCUT2D eigenvalue weighted by atomic mass is 9.98. The minimum atomic E-state index is 0.276. The molecule has 1 saturated heterocycles. The number of nitrogen functional groups attached to an aromatic ring is 1. The molecule has 3 N–H and O–H groups in total. The van der Waals surface area contributed by atoms with Crippen LogP contribution in [0.15, 0.2) is 22.6 Å². The number of aliphatic hydroxyl groups excluding tert-OH is 1. The van der Waals surface area contributed by atoms with Gasteiger partial charge in [-0.2, -0.15) is 4.98 Å². The van der Waals surface area contributed by atoms with Crippen LogP contribution >= 0.6 is 0 Å². The van der Waals surface area contributed by atoms with E-state index < -0.39 is 0 Å². The summed E-state index contributed by atoms with van der Waals surface area (Å²) in [5.74, 6) is 0.418. The van der Waals surface area contributed by atoms with Gasteiger partial charge in [-0.05, 0) is 37.0 Å². The number of aromatic nitrogens is 1. The molecule has 1 aliphatic heterocycles. The van der Waals surface area contributed by atoms with Gasteiger partial charge < -0.3 is 20.2 Å². The molecular formula is C13H17N3O2. The van der Waals surface area contributed by atoms with Crippen molar-refractivity contribution < 1.29 is 9.52 Å². The fourth-order valence-electron chi connectivity index (χ4n) is 2.37. The highest BCUT2D eigenvalue weighted by atomic mass is 16.4. The molecule has 1 aliphatic rings. The van der Waals surface area contributed by atoms with Gasteiger partial charge in [-0.3, -0.25) is 0 Å². The molecule has 0 bridgehead atoms. The van der Waals surface area contributed by atoms with Crippen LogP contribution in [0.25, 0.3) is 11.1 Å². The summed E-state index contributed by atoms with van der Waals surface area (Å²) >= 11 is 0. The first-order chi connectivity index (χ1) is 8.76. The standard InChI is InChI=1S/C13H17N3O2/c14-10-1-2-12-11(7-10)15-13(18-12)16-5-3-9(8-17)4-6-16/h1-2,7,9,17H,3-6,8,14H2. The zero-order chi connectivity index (χ0) is 12.5. The van der Waals surface area contributed by atoms with Gasteiger partial charge in [0.2, 0.25) is 0 Å². The summed E-state index contributed by atoms with van der Waals surface area (Å²) in [6.45, 7) is 2.04. The second kappa shape index (κ2) is 4.49. The molecule has 1 fully saturated rings. The lowest BCUT2D eigenvalue weighted by Gasteiger charge is -2.29. The third-order valence-corrected chi connectivity index (χ3v) is 3.54. The van der Waals surface area contributed by atoms with Crippen LogP contribution in [0, 0.1) is 5.92 Å². The van der Waals surface area contributed by atoms with Gasteiger partial charge in [-0.1, -0.05) is 0 Å². The number of benzene rings is 1. The Balaban J connectivity index is 1.82. The van der Waals surface area contributed by atoms with Crippen molar-refractivity contribution in [1.82, 2.24) is 4.98 Å². The number of oxazole rings is 1. The second-order valence-electron chi connectivity index (χ2n) is 4.84. The van der Waals surface area contributed by atoms with Crippen LogP contribution in [-0.4, -0.2) is 29.8 Å². The topological polar surface area (TPSA) is 75.5 Å². The number of piperidine rings is 1. The molecule has 2 aromatic rings. The molecule has 3 rings (SSSR count). The lowest BCUT2D eigenvalue weighted by molar-refractivity contribution is 0.201. The summed E-state index contributed by atoms with van der Waals surface area (Å²) in [5, 5.41) is 9.12. The van der Waals surface area contributed by atoms with E-state index in [4.69, 9.17) is 15.3 Å². The van der Waals surface area contributed by atoms with Crippen LogP contribution in [0.5, 0.6) is 0 Å². The molecular weight excluding hydrogens is 230 g/mol. The van der Waals surface area contributed by atoms with Crippen LogP contribution in [0.1, 0.15) is 12.8 Å². The summed E-state index contributed by atoms with van der Waals surface area (Å²) < 4.78 is 5.73. The van der Waals surface area contributed by atoms with Gasteiger partial charge >= 0.3 is 0 Å². The van der Waals surface area contributed by atoms with E-state index in [-0.39, 0.29) is 6.61 Å². The van der Waals surface area contributed by atoms with Crippen LogP contribution < -0.4 is 10.6 Å². The van der Waals surface area contributed by atoms with Crippen molar-refractivity contribution in [2.45, 2.75) is 12.8 Å². The third-order valence-electron chi connectivity index (χ3n) is 3.54. The minimum Gasteiger partial charge on any atom is -0.423 e. The van der Waals surface area contributed by atoms with E-state index in [1.807, 2.05) is 18.2 Å². The van der Waals surface area contributed by atoms with Crippen molar-refractivity contribution in [3.05, 3.63) is 18.2 Å². The summed E-state index contributed by atoms with van der Waals surface area (Å²) in [4.78, 5) is 6.59. The second-order valence-corrected chi connectivity index (χ2v) is 4.84. The quantitative estimate of drug-likeness (QED) is 0.789. The number of anilines is 2. The predicted octanol–water partition coefficient (Wildman–Crippen LogP) is 1.62. The first-order valence-electron chi connectivity index (χ1n) is 6.28. The molecule has 5 heteroatoms. The maximum atomic E-state index is 9.12. The molecule has 0 amide bonds. The molecule has 0 radical (unpaired) electrons. The fourth-order valence-corrected chi connectivity index (χ4v) is 2.37. The number of fused-ring (bicyclic) bond motifs is 1. The van der Waals surface area contributed by atoms with Gasteiger partial charge in [-0.15, -0.1) is 0 Å². The lowest BCUT2D eigenvalue weighted by Crippen LogP contribution is -2.34. The largest absolute Gasteiger partial charge is 0.423 e. The van der Waals surface area contributed by atoms with Crippen molar-refractivity contribution >= 4 is 22.8 Å². The van der Waals surface area contributed by atoms with Crippen molar-refractivity contribution in [2.24, 2.45) is 5.92 Å². The maximum absolute atomic E-state index is 9.12. The molecule has 5 nitrogen and oxygen atoms in total. The summed E-state index contributed by atoms with van der Waals surface area (Å²) in [6, 6.07) is 6.15. The van der Waals surface area contributed by atoms with E-state index >= 15 is 0 Å². The number of nitrogens with zero attached hydrogens (tertiary/aromatic N) is 2. The van der Waals surface area contributed by atoms with Crippen LogP contribution in [0.3, 0.4) is 0 Å². The van der Waals surface area contributed by atoms with Gasteiger partial charge in [0, 0.05) is 25.4 Å². The Morgan fingerprint density at radius 2 is 2.17 bits per heavy atom. The molecule has 1 aromatic heterocycles. The molecule has 0 aliphatic carbocycles. The molecule has 96 valence electrons. The molecule has 0 unspecified atom stereocenters. The Hall–Kier alpha value is -1.75. The summed E-state index contributed by atoms with van der Waals surface area (Å²) in [7, 11) is 0. The molecule has 0 atom stereocenters. The zero-order valence-corrected chi connectivity index (χ0v) is 10.2. The smallest absolute Gasteiger partial charge is 0.298 e. The van der Waals surface area contributed by atoms with E-state index in [1.165, 1.54) is 0 Å². The highest BCUT2D eigenvalue weighted by molar-refractivity contribution is 5.78. The van der Waals surface area contributed by atoms with Gasteiger partial charge in [0.25, 0.3) is 6.01 Å². The van der Waals surface area contributed by atoms with E-state index in [1.54, 1.807) is 0 Å². The Morgan fingerprint density at radius 3 is 2.89 bits per heavy atom. The molecule has 0 spiro atoms. The average molecular weight is 247 g/mol. The van der Waals surface area contributed by atoms with E-state index in [0.29, 0.717) is 17.6 Å². The first kappa shape index (κ1) is 11.3. The van der Waals surface area contributed by atoms with Crippen LogP contribution in [-0.2, 0) is 0 Å². The van der Waals surface area contributed by atoms with Crippen molar-refractivity contribution in [2.75, 3.05) is 30.3 Å². The summed E-state index contributed by atoms with van der Waals surface area (Å²) in [6.07, 6.45) is 1.97. The predicted molar refractivity (Wildman–Crippen MR) is 70.4 cm³/mol. The van der Waals surface area contributed by atoms with E-state index in [0.717, 1.165) is 37.0 Å². The van der Waals surface area contributed by atoms with Gasteiger partial charge in [0.15, 0.2) is 5.58 Å². The Labute approximate surface area is 105 Å². The Bertz CT molecular complexity index is 544. The van der Waals surface area contributed by atoms with Crippen LogP contribution in [0.4, 0.5) is 11.7 Å². The highest BCUT2D eigenvalue weighted by Crippen LogP contribution is 2.27. The monoisotopic (exact) mass is 247 g/mol. The Kier molecular flexibility index (Phi) is 2.83. The van der Waals surface area contributed by atoms with Crippen molar-refractivity contribution in [3.8, 4) is 0 Å². The van der Waals surface area contributed by atoms with Gasteiger partial charge in [0.1, 0.15) is 5.52 Å². The zero-order valence-electron chi connectivity index (χ0n) is 10.2. The molecule has 1 aromatic carbocycles. The number of rotatable bonds is 2. The SMILES string of the molecule is Nc1ccc2oc(N3CCC(CO)CC3)nc2c1. The van der Waals surface area contributed by atoms with E-state index in [9.17, 15) is 0 Å². The normalized spacial score (nSPS) is 17.5. The van der Waals surface area contributed by atoms with Crippen molar-refractivity contribution in [3.63, 3.8) is 0 Å². The maximum Gasteiger partial charge on any atom is 0.298 e. The van der Waals surface area contributed by atoms with Gasteiger partial charge in [0.05, 0.1) is 0 Å². The Morgan fingerprint density at radius 1 is 1.39 bits per heavy atom. The third kappa shape index (κ3) is 2.01. The number of nitrogens with two attached hydrogens (primary N) is 1. The number of hydrogen-bond acceptors (Lipinski definition) is 5. The summed E-state index contributed by atoms with van der Waals surface area (Å²) in [5.41, 5.74) is 7.99. The van der Waals surface area contributed by atoms with Crippen molar-refractivity contribution in [1.29, 1.82) is 0 Å². The minimum absolute atomic E-state index is 0.276. The fraction of sp³-hybridized carbons (Fsp3) is 0.462. The first-order valence-corrected chi connectivity index (χ1v) is 6.28. The average Bonchev–Trinajstić information content (AvgIpc) is 2.81. The highest BCUT2D eigenvalue weighted by Gasteiger charge is 2.22. The molecule has 2 heterocycles. The van der Waals surface area contributed by atoms with Crippen LogP contribution in [0.2, 0.25) is 0 Å². The van der Waals surface area contributed by atoms with Gasteiger partial charge in [-0.25, -0.2) is 0 Å². The molecule has 0 saturated carbocycles. The molecule has 18 heavy (non-hydrogen) atoms.